The molecule has 80 valence electrons. The van der Waals surface area contributed by atoms with Crippen LogP contribution in [0.15, 0.2) is 0 Å². The maximum Gasteiger partial charge on any atom is 0.0143 e. The molecule has 0 spiro atoms. The fourth-order valence-electron chi connectivity index (χ4n) is 1.37. The fourth-order valence-corrected chi connectivity index (χ4v) is 1.78. The molecular formula is C11H25NS. The maximum absolute atomic E-state index is 2.45. The molecule has 2 heteroatoms. The predicted molar refractivity (Wildman–Crippen MR) is 64.5 cm³/mol. The van der Waals surface area contributed by atoms with E-state index >= 15 is 0 Å². The second-order valence-corrected chi connectivity index (χ2v) is 5.62. The molecule has 0 N–H and O–H groups in total. The van der Waals surface area contributed by atoms with Gasteiger partial charge in [-0.1, -0.05) is 20.8 Å². The summed E-state index contributed by atoms with van der Waals surface area (Å²) >= 11 is 1.95. The highest BCUT2D eigenvalue weighted by Crippen LogP contribution is 2.08. The van der Waals surface area contributed by atoms with Crippen LogP contribution in [0.1, 0.15) is 33.6 Å². The van der Waals surface area contributed by atoms with Crippen LogP contribution in [0.25, 0.3) is 0 Å². The minimum absolute atomic E-state index is 0.768. The molecule has 0 aliphatic rings. The largest absolute Gasteiger partial charge is 0.305 e. The Labute approximate surface area is 88.3 Å². The van der Waals surface area contributed by atoms with Gasteiger partial charge in [0.2, 0.25) is 0 Å². The average Bonchev–Trinajstić information content (AvgIpc) is 2.03. The van der Waals surface area contributed by atoms with Gasteiger partial charge in [-0.25, -0.2) is 0 Å². The summed E-state index contributed by atoms with van der Waals surface area (Å²) in [6.45, 7) is 9.36. The van der Waals surface area contributed by atoms with Gasteiger partial charge in [0.1, 0.15) is 0 Å². The van der Waals surface area contributed by atoms with Gasteiger partial charge in [0.25, 0.3) is 0 Å². The quantitative estimate of drug-likeness (QED) is 0.625. The summed E-state index contributed by atoms with van der Waals surface area (Å²) in [5, 5.41) is 0.768. The first-order chi connectivity index (χ1) is 6.06. The average molecular weight is 203 g/mol. The van der Waals surface area contributed by atoms with Crippen molar-refractivity contribution in [3.63, 3.8) is 0 Å². The Morgan fingerprint density at radius 1 is 1.23 bits per heavy atom. The maximum atomic E-state index is 2.45. The van der Waals surface area contributed by atoms with Gasteiger partial charge in [0.15, 0.2) is 0 Å². The van der Waals surface area contributed by atoms with E-state index in [-0.39, 0.29) is 0 Å². The third-order valence-corrected chi connectivity index (χ3v) is 3.25. The van der Waals surface area contributed by atoms with Crippen molar-refractivity contribution in [3.05, 3.63) is 0 Å². The lowest BCUT2D eigenvalue weighted by Crippen LogP contribution is -2.26. The van der Waals surface area contributed by atoms with Gasteiger partial charge in [-0.15, -0.1) is 0 Å². The highest BCUT2D eigenvalue weighted by molar-refractivity contribution is 7.99. The van der Waals surface area contributed by atoms with Crippen LogP contribution in [0.4, 0.5) is 0 Å². The molecule has 1 nitrogen and oxygen atoms in total. The van der Waals surface area contributed by atoms with E-state index in [2.05, 4.69) is 39.0 Å². The smallest absolute Gasteiger partial charge is 0.0143 e. The SMILES string of the molecule is CSC(C)CN(C)CCCC(C)C. The van der Waals surface area contributed by atoms with Gasteiger partial charge in [-0.05, 0) is 38.6 Å². The van der Waals surface area contributed by atoms with Gasteiger partial charge in [0, 0.05) is 11.8 Å². The second kappa shape index (κ2) is 7.69. The molecular weight excluding hydrogens is 178 g/mol. The zero-order valence-electron chi connectivity index (χ0n) is 9.84. The van der Waals surface area contributed by atoms with E-state index in [4.69, 9.17) is 0 Å². The first kappa shape index (κ1) is 13.3. The Balaban J connectivity index is 3.34. The normalized spacial score (nSPS) is 14.1. The summed E-state index contributed by atoms with van der Waals surface area (Å²) in [7, 11) is 2.23. The minimum atomic E-state index is 0.768. The molecule has 0 heterocycles. The number of rotatable bonds is 7. The van der Waals surface area contributed by atoms with E-state index in [0.29, 0.717) is 0 Å². The molecule has 0 aliphatic carbocycles. The van der Waals surface area contributed by atoms with E-state index in [0.717, 1.165) is 11.2 Å². The van der Waals surface area contributed by atoms with Crippen LogP contribution >= 0.6 is 11.8 Å². The second-order valence-electron chi connectivity index (χ2n) is 4.34. The fraction of sp³-hybridized carbons (Fsp3) is 1.00. The van der Waals surface area contributed by atoms with Crippen LogP contribution < -0.4 is 0 Å². The molecule has 1 atom stereocenters. The third-order valence-electron chi connectivity index (χ3n) is 2.29. The Morgan fingerprint density at radius 2 is 1.85 bits per heavy atom. The number of hydrogen-bond acceptors (Lipinski definition) is 2. The van der Waals surface area contributed by atoms with E-state index in [1.807, 2.05) is 11.8 Å². The van der Waals surface area contributed by atoms with E-state index in [1.165, 1.54) is 25.9 Å². The molecule has 0 bridgehead atoms. The molecule has 0 amide bonds. The monoisotopic (exact) mass is 203 g/mol. The molecule has 1 unspecified atom stereocenters. The molecule has 0 aromatic carbocycles. The summed E-state index contributed by atoms with van der Waals surface area (Å²) in [4.78, 5) is 2.45. The Bertz CT molecular complexity index is 115. The summed E-state index contributed by atoms with van der Waals surface area (Å²) in [6.07, 6.45) is 4.89. The van der Waals surface area contributed by atoms with Gasteiger partial charge >= 0.3 is 0 Å². The lowest BCUT2D eigenvalue weighted by molar-refractivity contribution is 0.321. The zero-order chi connectivity index (χ0) is 10.3. The van der Waals surface area contributed by atoms with Gasteiger partial charge < -0.3 is 4.90 Å². The third kappa shape index (κ3) is 8.63. The van der Waals surface area contributed by atoms with Crippen molar-refractivity contribution in [3.8, 4) is 0 Å². The summed E-state index contributed by atoms with van der Waals surface area (Å²) in [5.41, 5.74) is 0. The van der Waals surface area contributed by atoms with Gasteiger partial charge in [-0.2, -0.15) is 11.8 Å². The lowest BCUT2D eigenvalue weighted by Gasteiger charge is -2.20. The lowest BCUT2D eigenvalue weighted by atomic mass is 10.1. The zero-order valence-corrected chi connectivity index (χ0v) is 10.7. The van der Waals surface area contributed by atoms with Crippen LogP contribution in [0.2, 0.25) is 0 Å². The Kier molecular flexibility index (Phi) is 7.87. The first-order valence-corrected chi connectivity index (χ1v) is 6.56. The van der Waals surface area contributed by atoms with Crippen molar-refractivity contribution in [2.45, 2.75) is 38.9 Å². The highest BCUT2D eigenvalue weighted by Gasteiger charge is 2.04. The van der Waals surface area contributed by atoms with Crippen molar-refractivity contribution in [1.29, 1.82) is 0 Å². The first-order valence-electron chi connectivity index (χ1n) is 5.27. The van der Waals surface area contributed by atoms with Crippen molar-refractivity contribution in [1.82, 2.24) is 4.90 Å². The Morgan fingerprint density at radius 3 is 2.31 bits per heavy atom. The summed E-state index contributed by atoms with van der Waals surface area (Å²) in [6, 6.07) is 0. The summed E-state index contributed by atoms with van der Waals surface area (Å²) < 4.78 is 0. The van der Waals surface area contributed by atoms with E-state index in [1.54, 1.807) is 0 Å². The number of thioether (sulfide) groups is 1. The molecule has 0 radical (unpaired) electrons. The van der Waals surface area contributed by atoms with Crippen molar-refractivity contribution in [2.24, 2.45) is 5.92 Å². The minimum Gasteiger partial charge on any atom is -0.305 e. The van der Waals surface area contributed by atoms with Crippen molar-refractivity contribution < 1.29 is 0 Å². The topological polar surface area (TPSA) is 3.24 Å². The summed E-state index contributed by atoms with van der Waals surface area (Å²) in [5.74, 6) is 0.853. The van der Waals surface area contributed by atoms with Crippen LogP contribution in [0.5, 0.6) is 0 Å². The number of hydrogen-bond donors (Lipinski definition) is 0. The standard InChI is InChI=1S/C11H25NS/c1-10(2)7-6-8-12(4)9-11(3)13-5/h10-11H,6-9H2,1-5H3. The van der Waals surface area contributed by atoms with E-state index < -0.39 is 0 Å². The predicted octanol–water partition coefficient (Wildman–Crippen LogP) is 3.11. The van der Waals surface area contributed by atoms with Crippen molar-refractivity contribution in [2.75, 3.05) is 26.4 Å². The Hall–Kier alpha value is 0.310. The van der Waals surface area contributed by atoms with Crippen LogP contribution in [-0.2, 0) is 0 Å². The van der Waals surface area contributed by atoms with Crippen LogP contribution in [0, 0.1) is 5.92 Å². The van der Waals surface area contributed by atoms with Gasteiger partial charge in [-0.3, -0.25) is 0 Å². The van der Waals surface area contributed by atoms with Gasteiger partial charge in [0.05, 0.1) is 0 Å². The van der Waals surface area contributed by atoms with Crippen LogP contribution in [-0.4, -0.2) is 36.5 Å². The van der Waals surface area contributed by atoms with Crippen LogP contribution in [0.3, 0.4) is 0 Å². The molecule has 0 aromatic heterocycles. The molecule has 13 heavy (non-hydrogen) atoms. The molecule has 0 aromatic rings. The van der Waals surface area contributed by atoms with Crippen molar-refractivity contribution >= 4 is 11.8 Å². The molecule has 0 saturated carbocycles. The highest BCUT2D eigenvalue weighted by atomic mass is 32.2. The van der Waals surface area contributed by atoms with E-state index in [9.17, 15) is 0 Å². The molecule has 0 saturated heterocycles. The molecule has 0 fully saturated rings. The molecule has 0 rings (SSSR count). The molecule has 0 aliphatic heterocycles. The number of nitrogens with zero attached hydrogens (tertiary/aromatic N) is 1.